The molecule has 138 valence electrons. The van der Waals surface area contributed by atoms with Crippen LogP contribution >= 0.6 is 0 Å². The molecule has 2 aromatic carbocycles. The van der Waals surface area contributed by atoms with Crippen molar-refractivity contribution in [3.8, 4) is 5.75 Å². The molecule has 0 atom stereocenters. The SMILES string of the molecule is CC(C)(C(=O)OCC(=O)Nc1ccc(OC(F)F)cc1)c1ccccc1. The molecule has 2 aromatic rings. The van der Waals surface area contributed by atoms with Crippen LogP contribution in [0.1, 0.15) is 19.4 Å². The summed E-state index contributed by atoms with van der Waals surface area (Å²) >= 11 is 0. The zero-order valence-corrected chi connectivity index (χ0v) is 14.4. The third-order valence-corrected chi connectivity index (χ3v) is 3.70. The van der Waals surface area contributed by atoms with Crippen LogP contribution in [0.2, 0.25) is 0 Å². The van der Waals surface area contributed by atoms with Crippen LogP contribution in [0, 0.1) is 0 Å². The van der Waals surface area contributed by atoms with Gasteiger partial charge in [-0.25, -0.2) is 0 Å². The number of esters is 1. The summed E-state index contributed by atoms with van der Waals surface area (Å²) < 4.78 is 33.5. The Morgan fingerprint density at radius 3 is 2.23 bits per heavy atom. The molecule has 0 radical (unpaired) electrons. The number of hydrogen-bond donors (Lipinski definition) is 1. The van der Waals surface area contributed by atoms with E-state index >= 15 is 0 Å². The molecule has 26 heavy (non-hydrogen) atoms. The summed E-state index contributed by atoms with van der Waals surface area (Å²) in [5.41, 5.74) is 0.255. The molecule has 5 nitrogen and oxygen atoms in total. The van der Waals surface area contributed by atoms with Crippen LogP contribution in [0.3, 0.4) is 0 Å². The summed E-state index contributed by atoms with van der Waals surface area (Å²) in [5.74, 6) is -1.08. The van der Waals surface area contributed by atoms with Crippen LogP contribution in [-0.4, -0.2) is 25.1 Å². The monoisotopic (exact) mass is 363 g/mol. The van der Waals surface area contributed by atoms with Gasteiger partial charge in [-0.1, -0.05) is 30.3 Å². The fourth-order valence-electron chi connectivity index (χ4n) is 2.20. The van der Waals surface area contributed by atoms with Gasteiger partial charge in [0.2, 0.25) is 0 Å². The molecule has 0 aliphatic carbocycles. The largest absolute Gasteiger partial charge is 0.455 e. The Kier molecular flexibility index (Phi) is 6.27. The summed E-state index contributed by atoms with van der Waals surface area (Å²) in [5, 5.41) is 2.51. The van der Waals surface area contributed by atoms with Gasteiger partial charge in [-0.05, 0) is 43.7 Å². The van der Waals surface area contributed by atoms with Gasteiger partial charge in [-0.15, -0.1) is 0 Å². The molecule has 1 N–H and O–H groups in total. The third kappa shape index (κ3) is 5.27. The van der Waals surface area contributed by atoms with Crippen molar-refractivity contribution in [2.45, 2.75) is 25.9 Å². The second kappa shape index (κ2) is 8.42. The fourth-order valence-corrected chi connectivity index (χ4v) is 2.20. The van der Waals surface area contributed by atoms with Crippen LogP contribution in [0.15, 0.2) is 54.6 Å². The van der Waals surface area contributed by atoms with Crippen molar-refractivity contribution < 1.29 is 27.8 Å². The molecule has 0 fully saturated rings. The van der Waals surface area contributed by atoms with Crippen LogP contribution in [0.5, 0.6) is 5.75 Å². The second-order valence-corrected chi connectivity index (χ2v) is 6.02. The molecule has 0 heterocycles. The number of carbonyl (C=O) groups is 2. The first-order valence-electron chi connectivity index (χ1n) is 7.86. The molecule has 0 aliphatic rings. The molecule has 2 rings (SSSR count). The lowest BCUT2D eigenvalue weighted by Gasteiger charge is -2.22. The van der Waals surface area contributed by atoms with E-state index < -0.39 is 30.5 Å². The molecule has 0 saturated heterocycles. The Morgan fingerprint density at radius 2 is 1.65 bits per heavy atom. The Balaban J connectivity index is 1.87. The van der Waals surface area contributed by atoms with E-state index in [0.29, 0.717) is 5.69 Å². The average molecular weight is 363 g/mol. The van der Waals surface area contributed by atoms with Crippen LogP contribution in [-0.2, 0) is 19.7 Å². The van der Waals surface area contributed by atoms with Gasteiger partial charge >= 0.3 is 12.6 Å². The highest BCUT2D eigenvalue weighted by Gasteiger charge is 2.31. The minimum atomic E-state index is -2.91. The van der Waals surface area contributed by atoms with E-state index in [1.807, 2.05) is 30.3 Å². The van der Waals surface area contributed by atoms with Crippen molar-refractivity contribution in [3.05, 3.63) is 60.2 Å². The molecule has 0 unspecified atom stereocenters. The lowest BCUT2D eigenvalue weighted by atomic mass is 9.85. The van der Waals surface area contributed by atoms with E-state index in [9.17, 15) is 18.4 Å². The van der Waals surface area contributed by atoms with Crippen molar-refractivity contribution in [2.24, 2.45) is 0 Å². The molecule has 1 amide bonds. The number of amides is 1. The maximum absolute atomic E-state index is 12.3. The Labute approximate surface area is 149 Å². The van der Waals surface area contributed by atoms with Crippen molar-refractivity contribution in [3.63, 3.8) is 0 Å². The fraction of sp³-hybridized carbons (Fsp3) is 0.263. The van der Waals surface area contributed by atoms with Gasteiger partial charge in [0, 0.05) is 5.69 Å². The number of ether oxygens (including phenoxy) is 2. The minimum absolute atomic E-state index is 0.0194. The first-order chi connectivity index (χ1) is 12.3. The standard InChI is InChI=1S/C19H19F2NO4/c1-19(2,13-6-4-3-5-7-13)17(24)25-12-16(23)22-14-8-10-15(11-9-14)26-18(20)21/h3-11,18H,12H2,1-2H3,(H,22,23). The normalized spacial score (nSPS) is 11.1. The number of hydrogen-bond acceptors (Lipinski definition) is 4. The van der Waals surface area contributed by atoms with Gasteiger partial charge in [0.15, 0.2) is 6.61 Å². The lowest BCUT2D eigenvalue weighted by molar-refractivity contribution is -0.152. The first-order valence-corrected chi connectivity index (χ1v) is 7.86. The summed E-state index contributed by atoms with van der Waals surface area (Å²) in [4.78, 5) is 24.2. The van der Waals surface area contributed by atoms with E-state index in [2.05, 4.69) is 10.1 Å². The quantitative estimate of drug-likeness (QED) is 0.761. The zero-order chi connectivity index (χ0) is 19.2. The Bertz CT molecular complexity index is 746. The number of rotatable bonds is 7. The number of nitrogens with one attached hydrogen (secondary N) is 1. The number of alkyl halides is 2. The van der Waals surface area contributed by atoms with Gasteiger partial charge in [-0.2, -0.15) is 8.78 Å². The van der Waals surface area contributed by atoms with Gasteiger partial charge in [0.1, 0.15) is 5.75 Å². The van der Waals surface area contributed by atoms with Crippen molar-refractivity contribution in [2.75, 3.05) is 11.9 Å². The molecule has 0 bridgehead atoms. The van der Waals surface area contributed by atoms with E-state index in [1.165, 1.54) is 24.3 Å². The zero-order valence-electron chi connectivity index (χ0n) is 14.4. The lowest BCUT2D eigenvalue weighted by Crippen LogP contribution is -2.33. The molecule has 7 heteroatoms. The number of anilines is 1. The maximum atomic E-state index is 12.3. The van der Waals surface area contributed by atoms with Crippen molar-refractivity contribution >= 4 is 17.6 Å². The summed E-state index contributed by atoms with van der Waals surface area (Å²) in [6, 6.07) is 14.5. The van der Waals surface area contributed by atoms with Gasteiger partial charge in [0.05, 0.1) is 5.41 Å². The topological polar surface area (TPSA) is 64.6 Å². The second-order valence-electron chi connectivity index (χ2n) is 6.02. The number of benzene rings is 2. The van der Waals surface area contributed by atoms with Gasteiger partial charge in [-0.3, -0.25) is 9.59 Å². The predicted molar refractivity (Wildman–Crippen MR) is 92.1 cm³/mol. The minimum Gasteiger partial charge on any atom is -0.455 e. The molecule has 0 aliphatic heterocycles. The molecule has 0 spiro atoms. The predicted octanol–water partition coefficient (Wildman–Crippen LogP) is 3.75. The summed E-state index contributed by atoms with van der Waals surface area (Å²) in [6.45, 7) is 0.0572. The molecule has 0 aromatic heterocycles. The first kappa shape index (κ1) is 19.4. The summed E-state index contributed by atoms with van der Waals surface area (Å²) in [6.07, 6.45) is 0. The number of halogens is 2. The van der Waals surface area contributed by atoms with Gasteiger partial charge < -0.3 is 14.8 Å². The maximum Gasteiger partial charge on any atom is 0.387 e. The molecular formula is C19H19F2NO4. The highest BCUT2D eigenvalue weighted by Crippen LogP contribution is 2.24. The van der Waals surface area contributed by atoms with Crippen molar-refractivity contribution in [1.82, 2.24) is 0 Å². The summed E-state index contributed by atoms with van der Waals surface area (Å²) in [7, 11) is 0. The average Bonchev–Trinajstić information content (AvgIpc) is 2.61. The van der Waals surface area contributed by atoms with Gasteiger partial charge in [0.25, 0.3) is 5.91 Å². The van der Waals surface area contributed by atoms with E-state index in [1.54, 1.807) is 13.8 Å². The van der Waals surface area contributed by atoms with E-state index in [4.69, 9.17) is 4.74 Å². The Morgan fingerprint density at radius 1 is 1.04 bits per heavy atom. The highest BCUT2D eigenvalue weighted by molar-refractivity contribution is 5.93. The third-order valence-electron chi connectivity index (χ3n) is 3.70. The smallest absolute Gasteiger partial charge is 0.387 e. The van der Waals surface area contributed by atoms with Crippen LogP contribution in [0.4, 0.5) is 14.5 Å². The van der Waals surface area contributed by atoms with E-state index in [0.717, 1.165) is 5.56 Å². The van der Waals surface area contributed by atoms with Crippen LogP contribution in [0.25, 0.3) is 0 Å². The number of carbonyl (C=O) groups excluding carboxylic acids is 2. The molecular weight excluding hydrogens is 344 g/mol. The van der Waals surface area contributed by atoms with E-state index in [-0.39, 0.29) is 5.75 Å². The van der Waals surface area contributed by atoms with Crippen LogP contribution < -0.4 is 10.1 Å². The Hall–Kier alpha value is -2.96. The molecule has 0 saturated carbocycles. The van der Waals surface area contributed by atoms with Crippen molar-refractivity contribution in [1.29, 1.82) is 0 Å². The highest BCUT2D eigenvalue weighted by atomic mass is 19.3.